The van der Waals surface area contributed by atoms with E-state index in [1.165, 1.54) is 19.2 Å². The number of benzene rings is 1. The molecule has 1 saturated heterocycles. The van der Waals surface area contributed by atoms with Crippen LogP contribution in [0.15, 0.2) is 28.7 Å². The van der Waals surface area contributed by atoms with Gasteiger partial charge in [-0.1, -0.05) is 11.6 Å². The zero-order valence-corrected chi connectivity index (χ0v) is 19.6. The Kier molecular flexibility index (Phi) is 6.77. The molecule has 1 aliphatic heterocycles. The maximum atomic E-state index is 14.0. The lowest BCUT2D eigenvalue weighted by atomic mass is 10.1. The van der Waals surface area contributed by atoms with Gasteiger partial charge in [0.25, 0.3) is 0 Å². The third kappa shape index (κ3) is 5.55. The highest BCUT2D eigenvalue weighted by atomic mass is 79.9. The Morgan fingerprint density at radius 2 is 2.07 bits per heavy atom. The first-order valence-electron chi connectivity index (χ1n) is 9.51. The summed E-state index contributed by atoms with van der Waals surface area (Å²) in [6, 6.07) is 6.18. The maximum Gasteiger partial charge on any atom is 0.407 e. The molecular weight excluding hydrogens is 477 g/mol. The molecule has 1 aromatic carbocycles. The van der Waals surface area contributed by atoms with Crippen molar-refractivity contribution >= 4 is 39.4 Å². The summed E-state index contributed by atoms with van der Waals surface area (Å²) in [5.41, 5.74) is 0.701. The Morgan fingerprint density at radius 1 is 1.33 bits per heavy atom. The highest BCUT2D eigenvalue weighted by Gasteiger charge is 2.27. The van der Waals surface area contributed by atoms with Crippen molar-refractivity contribution in [1.29, 1.82) is 0 Å². The minimum Gasteiger partial charge on any atom is -0.495 e. The zero-order valence-electron chi connectivity index (χ0n) is 17.3. The smallest absolute Gasteiger partial charge is 0.407 e. The van der Waals surface area contributed by atoms with E-state index in [4.69, 9.17) is 21.1 Å². The predicted molar refractivity (Wildman–Crippen MR) is 119 cm³/mol. The minimum absolute atomic E-state index is 0.0677. The molecule has 2 aromatic rings. The fourth-order valence-corrected chi connectivity index (χ4v) is 4.14. The number of hydrogen-bond donors (Lipinski definition) is 1. The number of carbonyl (C=O) groups is 1. The average Bonchev–Trinajstić information content (AvgIpc) is 3.07. The number of nitrogens with zero attached hydrogens (tertiary/aromatic N) is 2. The molecule has 1 unspecified atom stereocenters. The van der Waals surface area contributed by atoms with Gasteiger partial charge >= 0.3 is 6.09 Å². The van der Waals surface area contributed by atoms with E-state index < -0.39 is 17.5 Å². The third-order valence-electron chi connectivity index (χ3n) is 4.54. The molecule has 1 aliphatic rings. The second kappa shape index (κ2) is 8.98. The van der Waals surface area contributed by atoms with Crippen LogP contribution in [0.2, 0.25) is 5.15 Å². The van der Waals surface area contributed by atoms with E-state index in [1.54, 1.807) is 6.07 Å². The Morgan fingerprint density at radius 3 is 2.73 bits per heavy atom. The van der Waals surface area contributed by atoms with Gasteiger partial charge in [-0.25, -0.2) is 14.2 Å². The lowest BCUT2D eigenvalue weighted by molar-refractivity contribution is 0.0509. The summed E-state index contributed by atoms with van der Waals surface area (Å²) >= 11 is 9.61. The molecule has 0 saturated carbocycles. The van der Waals surface area contributed by atoms with Crippen LogP contribution in [-0.4, -0.2) is 42.9 Å². The SMILES string of the molecule is COc1c(Br)cc(F)cc1-c1cc(Cl)nc(N2CCC(NC(=O)OC(C)(C)C)C2)c1. The van der Waals surface area contributed by atoms with Crippen LogP contribution >= 0.6 is 27.5 Å². The van der Waals surface area contributed by atoms with Crippen molar-refractivity contribution in [2.75, 3.05) is 25.1 Å². The number of halogens is 3. The monoisotopic (exact) mass is 499 g/mol. The van der Waals surface area contributed by atoms with Crippen molar-refractivity contribution in [2.24, 2.45) is 0 Å². The second-order valence-electron chi connectivity index (χ2n) is 8.08. The van der Waals surface area contributed by atoms with E-state index in [0.717, 1.165) is 6.42 Å². The van der Waals surface area contributed by atoms with Crippen molar-refractivity contribution in [3.05, 3.63) is 39.7 Å². The topological polar surface area (TPSA) is 63.7 Å². The van der Waals surface area contributed by atoms with Crippen molar-refractivity contribution < 1.29 is 18.7 Å². The Labute approximate surface area is 188 Å². The standard InChI is InChI=1S/C21H24BrClFN3O3/c1-21(2,3)30-20(28)25-14-5-6-27(11-14)18-8-12(7-17(23)26-18)15-9-13(24)10-16(22)19(15)29-4/h7-10,14H,5-6,11H2,1-4H3,(H,25,28). The molecule has 1 atom stereocenters. The number of nitrogens with one attached hydrogen (secondary N) is 1. The number of rotatable bonds is 4. The van der Waals surface area contributed by atoms with Gasteiger partial charge in [-0.15, -0.1) is 0 Å². The van der Waals surface area contributed by atoms with Crippen LogP contribution in [0.5, 0.6) is 5.75 Å². The molecule has 0 bridgehead atoms. The summed E-state index contributed by atoms with van der Waals surface area (Å²) < 4.78 is 25.3. The van der Waals surface area contributed by atoms with Crippen molar-refractivity contribution in [1.82, 2.24) is 10.3 Å². The highest BCUT2D eigenvalue weighted by Crippen LogP contribution is 2.39. The summed E-state index contributed by atoms with van der Waals surface area (Å²) in [5.74, 6) is 0.763. The van der Waals surface area contributed by atoms with Crippen LogP contribution in [0.3, 0.4) is 0 Å². The van der Waals surface area contributed by atoms with Gasteiger partial charge in [0.05, 0.1) is 17.6 Å². The first-order chi connectivity index (χ1) is 14.1. The van der Waals surface area contributed by atoms with Gasteiger partial charge in [-0.05, 0) is 73.0 Å². The minimum atomic E-state index is -0.552. The Bertz CT molecular complexity index is 952. The van der Waals surface area contributed by atoms with Gasteiger partial charge < -0.3 is 19.7 Å². The van der Waals surface area contributed by atoms with Crippen LogP contribution in [-0.2, 0) is 4.74 Å². The predicted octanol–water partition coefficient (Wildman–Crippen LogP) is 5.42. The van der Waals surface area contributed by atoms with Crippen LogP contribution in [0, 0.1) is 5.82 Å². The molecular formula is C21H24BrClFN3O3. The second-order valence-corrected chi connectivity index (χ2v) is 9.32. The number of amides is 1. The van der Waals surface area contributed by atoms with Crippen molar-refractivity contribution in [3.8, 4) is 16.9 Å². The van der Waals surface area contributed by atoms with E-state index in [2.05, 4.69) is 26.2 Å². The number of alkyl carbamates (subject to hydrolysis) is 1. The molecule has 1 amide bonds. The van der Waals surface area contributed by atoms with Crippen LogP contribution in [0.25, 0.3) is 11.1 Å². The maximum absolute atomic E-state index is 14.0. The van der Waals surface area contributed by atoms with Crippen LogP contribution in [0.4, 0.5) is 15.0 Å². The summed E-state index contributed by atoms with van der Waals surface area (Å²) in [6.07, 6.45) is 0.306. The number of carbonyl (C=O) groups excluding carboxylic acids is 1. The summed E-state index contributed by atoms with van der Waals surface area (Å²) in [4.78, 5) is 18.5. The number of hydrogen-bond acceptors (Lipinski definition) is 5. The van der Waals surface area contributed by atoms with Crippen LogP contribution < -0.4 is 15.0 Å². The van der Waals surface area contributed by atoms with Gasteiger partial charge in [0.2, 0.25) is 0 Å². The van der Waals surface area contributed by atoms with Gasteiger partial charge in [0.1, 0.15) is 28.1 Å². The number of pyridine rings is 1. The molecule has 9 heteroatoms. The highest BCUT2D eigenvalue weighted by molar-refractivity contribution is 9.10. The van der Waals surface area contributed by atoms with Gasteiger partial charge in [0.15, 0.2) is 0 Å². The summed E-state index contributed by atoms with van der Waals surface area (Å²) in [6.45, 7) is 6.73. The van der Waals surface area contributed by atoms with Crippen LogP contribution in [0.1, 0.15) is 27.2 Å². The number of methoxy groups -OCH3 is 1. The van der Waals surface area contributed by atoms with Crippen molar-refractivity contribution in [3.63, 3.8) is 0 Å². The lowest BCUT2D eigenvalue weighted by Crippen LogP contribution is -2.40. The first-order valence-corrected chi connectivity index (χ1v) is 10.7. The van der Waals surface area contributed by atoms with Gasteiger partial charge in [-0.2, -0.15) is 0 Å². The fourth-order valence-electron chi connectivity index (χ4n) is 3.34. The third-order valence-corrected chi connectivity index (χ3v) is 5.32. The molecule has 2 heterocycles. The number of ether oxygens (including phenoxy) is 2. The van der Waals surface area contributed by atoms with E-state index in [0.29, 0.717) is 40.3 Å². The molecule has 1 N–H and O–H groups in total. The summed E-state index contributed by atoms with van der Waals surface area (Å²) in [5, 5.41) is 3.18. The van der Waals surface area contributed by atoms with Gasteiger partial charge in [0, 0.05) is 18.7 Å². The molecule has 30 heavy (non-hydrogen) atoms. The molecule has 1 fully saturated rings. The average molecular weight is 501 g/mol. The molecule has 0 spiro atoms. The molecule has 3 rings (SSSR count). The lowest BCUT2D eigenvalue weighted by Gasteiger charge is -2.22. The largest absolute Gasteiger partial charge is 0.495 e. The van der Waals surface area contributed by atoms with E-state index in [1.807, 2.05) is 31.7 Å². The molecule has 6 nitrogen and oxygen atoms in total. The normalized spacial score (nSPS) is 16.5. The first kappa shape index (κ1) is 22.6. The Hall–Kier alpha value is -2.06. The molecule has 1 aromatic heterocycles. The number of aromatic nitrogens is 1. The molecule has 162 valence electrons. The Balaban J connectivity index is 1.81. The molecule has 0 radical (unpaired) electrons. The fraction of sp³-hybridized carbons (Fsp3) is 0.429. The summed E-state index contributed by atoms with van der Waals surface area (Å²) in [7, 11) is 1.53. The molecule has 0 aliphatic carbocycles. The van der Waals surface area contributed by atoms with Gasteiger partial charge in [-0.3, -0.25) is 0 Å². The number of anilines is 1. The van der Waals surface area contributed by atoms with E-state index in [-0.39, 0.29) is 11.2 Å². The van der Waals surface area contributed by atoms with E-state index in [9.17, 15) is 9.18 Å². The quantitative estimate of drug-likeness (QED) is 0.568. The van der Waals surface area contributed by atoms with E-state index >= 15 is 0 Å². The van der Waals surface area contributed by atoms with Crippen molar-refractivity contribution in [2.45, 2.75) is 38.8 Å². The zero-order chi connectivity index (χ0) is 22.1.